The summed E-state index contributed by atoms with van der Waals surface area (Å²) in [6.45, 7) is 0. The van der Waals surface area contributed by atoms with Gasteiger partial charge in [-0.05, 0) is 54.8 Å². The number of hydrogen-bond acceptors (Lipinski definition) is 4. The fourth-order valence-electron chi connectivity index (χ4n) is 3.10. The number of hydrogen-bond donors (Lipinski definition) is 1. The van der Waals surface area contributed by atoms with Gasteiger partial charge in [0.25, 0.3) is 0 Å². The number of imidazole rings is 1. The van der Waals surface area contributed by atoms with Gasteiger partial charge in [-0.25, -0.2) is 4.98 Å². The molecule has 5 heteroatoms. The molecule has 0 bridgehead atoms. The minimum absolute atomic E-state index is 0.880. The maximum Gasteiger partial charge on any atom is 0.166 e. The molecule has 0 fully saturated rings. The van der Waals surface area contributed by atoms with E-state index in [9.17, 15) is 0 Å². The Morgan fingerprint density at radius 2 is 1.48 bits per heavy atom. The van der Waals surface area contributed by atoms with Gasteiger partial charge in [-0.1, -0.05) is 11.8 Å². The van der Waals surface area contributed by atoms with Crippen LogP contribution in [0.3, 0.4) is 0 Å². The third kappa shape index (κ3) is 2.36. The second-order valence-electron chi connectivity index (χ2n) is 5.82. The van der Waals surface area contributed by atoms with E-state index < -0.39 is 0 Å². The fraction of sp³-hybridized carbons (Fsp3) is 0.0500. The predicted molar refractivity (Wildman–Crippen MR) is 101 cm³/mol. The van der Waals surface area contributed by atoms with Crippen LogP contribution in [0, 0.1) is 0 Å². The van der Waals surface area contributed by atoms with Gasteiger partial charge in [0.15, 0.2) is 5.16 Å². The van der Waals surface area contributed by atoms with E-state index in [2.05, 4.69) is 23.2 Å². The first-order valence-corrected chi connectivity index (χ1v) is 9.13. The lowest BCUT2D eigenvalue weighted by atomic mass is 10.0. The average Bonchev–Trinajstić information content (AvgIpc) is 3.37. The second kappa shape index (κ2) is 5.57. The van der Waals surface area contributed by atoms with Crippen molar-refractivity contribution < 1.29 is 8.83 Å². The van der Waals surface area contributed by atoms with E-state index in [4.69, 9.17) is 13.8 Å². The van der Waals surface area contributed by atoms with Gasteiger partial charge in [0.2, 0.25) is 0 Å². The maximum absolute atomic E-state index is 5.45. The zero-order valence-electron chi connectivity index (χ0n) is 13.4. The normalized spacial score (nSPS) is 11.6. The van der Waals surface area contributed by atoms with E-state index in [1.807, 2.05) is 36.6 Å². The van der Waals surface area contributed by atoms with Crippen LogP contribution >= 0.6 is 11.8 Å². The van der Waals surface area contributed by atoms with Gasteiger partial charge in [-0.15, -0.1) is 0 Å². The average molecular weight is 346 g/mol. The molecule has 5 aromatic rings. The van der Waals surface area contributed by atoms with Gasteiger partial charge in [-0.3, -0.25) is 0 Å². The number of aromatic amines is 1. The molecule has 0 amide bonds. The largest absolute Gasteiger partial charge is 0.464 e. The van der Waals surface area contributed by atoms with E-state index in [1.165, 1.54) is 0 Å². The van der Waals surface area contributed by atoms with E-state index in [-0.39, 0.29) is 0 Å². The number of furan rings is 2. The van der Waals surface area contributed by atoms with Crippen molar-refractivity contribution in [2.24, 2.45) is 0 Å². The molecule has 0 saturated carbocycles. The first-order chi connectivity index (χ1) is 12.3. The zero-order valence-corrected chi connectivity index (χ0v) is 14.3. The van der Waals surface area contributed by atoms with Crippen molar-refractivity contribution in [1.29, 1.82) is 0 Å². The van der Waals surface area contributed by atoms with Crippen molar-refractivity contribution >= 4 is 33.7 Å². The fourth-order valence-corrected chi connectivity index (χ4v) is 3.49. The van der Waals surface area contributed by atoms with Gasteiger partial charge in [-0.2, -0.15) is 0 Å². The molecule has 0 atom stereocenters. The lowest BCUT2D eigenvalue weighted by molar-refractivity contribution is 0.615. The Balaban J connectivity index is 1.72. The molecule has 0 unspecified atom stereocenters. The summed E-state index contributed by atoms with van der Waals surface area (Å²) in [5.74, 6) is 0. The SMILES string of the molecule is CSc1nc(-c2ccc3occc3c2)c(-c2ccc3occc3c2)[nH]1. The summed E-state index contributed by atoms with van der Waals surface area (Å²) in [7, 11) is 0. The van der Waals surface area contributed by atoms with Gasteiger partial charge >= 0.3 is 0 Å². The molecule has 1 N–H and O–H groups in total. The first kappa shape index (κ1) is 14.4. The van der Waals surface area contributed by atoms with Crippen LogP contribution in [-0.4, -0.2) is 16.2 Å². The molecular weight excluding hydrogens is 332 g/mol. The molecule has 3 heterocycles. The van der Waals surface area contributed by atoms with Crippen molar-refractivity contribution in [1.82, 2.24) is 9.97 Å². The van der Waals surface area contributed by atoms with Crippen LogP contribution < -0.4 is 0 Å². The summed E-state index contributed by atoms with van der Waals surface area (Å²) in [6.07, 6.45) is 5.44. The van der Waals surface area contributed by atoms with Gasteiger partial charge in [0, 0.05) is 21.9 Å². The van der Waals surface area contributed by atoms with Gasteiger partial charge in [0.05, 0.1) is 23.9 Å². The number of thioether (sulfide) groups is 1. The number of aromatic nitrogens is 2. The third-order valence-corrected chi connectivity index (χ3v) is 4.92. The van der Waals surface area contributed by atoms with Crippen LogP contribution in [0.2, 0.25) is 0 Å². The van der Waals surface area contributed by atoms with E-state index in [1.54, 1.807) is 24.3 Å². The molecule has 0 aliphatic heterocycles. The Kier molecular flexibility index (Phi) is 3.21. The Hall–Kier alpha value is -2.92. The molecule has 0 aliphatic rings. The molecule has 4 nitrogen and oxygen atoms in total. The van der Waals surface area contributed by atoms with Gasteiger partial charge < -0.3 is 13.8 Å². The minimum Gasteiger partial charge on any atom is -0.464 e. The third-order valence-electron chi connectivity index (χ3n) is 4.34. The van der Waals surface area contributed by atoms with Crippen LogP contribution in [-0.2, 0) is 0 Å². The number of nitrogens with zero attached hydrogens (tertiary/aromatic N) is 1. The number of rotatable bonds is 3. The van der Waals surface area contributed by atoms with Crippen LogP contribution in [0.1, 0.15) is 0 Å². The molecule has 25 heavy (non-hydrogen) atoms. The predicted octanol–water partition coefficient (Wildman–Crippen LogP) is 5.96. The maximum atomic E-state index is 5.45. The molecule has 0 aliphatic carbocycles. The molecule has 3 aromatic heterocycles. The van der Waals surface area contributed by atoms with Crippen LogP contribution in [0.15, 0.2) is 75.0 Å². The Morgan fingerprint density at radius 3 is 2.16 bits per heavy atom. The Bertz CT molecular complexity index is 1110. The summed E-state index contributed by atoms with van der Waals surface area (Å²) < 4.78 is 10.9. The number of nitrogens with one attached hydrogen (secondary N) is 1. The standard InChI is InChI=1S/C20H14N2O2S/c1-25-20-21-18(14-2-4-16-12(10-14)6-8-23-16)19(22-20)15-3-5-17-13(11-15)7-9-24-17/h2-11H,1H3,(H,21,22). The summed E-state index contributed by atoms with van der Waals surface area (Å²) in [5, 5.41) is 3.04. The van der Waals surface area contributed by atoms with Crippen LogP contribution in [0.5, 0.6) is 0 Å². The van der Waals surface area contributed by atoms with Gasteiger partial charge in [0.1, 0.15) is 11.2 Å². The first-order valence-electron chi connectivity index (χ1n) is 7.91. The number of benzene rings is 2. The molecule has 0 radical (unpaired) electrons. The van der Waals surface area contributed by atoms with Crippen LogP contribution in [0.4, 0.5) is 0 Å². The Labute approximate surface area is 147 Å². The number of H-pyrrole nitrogens is 1. The highest BCUT2D eigenvalue weighted by molar-refractivity contribution is 7.98. The summed E-state index contributed by atoms with van der Waals surface area (Å²) in [5.41, 5.74) is 5.86. The number of fused-ring (bicyclic) bond motifs is 2. The zero-order chi connectivity index (χ0) is 16.8. The monoisotopic (exact) mass is 346 g/mol. The van der Waals surface area contributed by atoms with Crippen molar-refractivity contribution in [2.45, 2.75) is 5.16 Å². The van der Waals surface area contributed by atoms with Crippen molar-refractivity contribution in [3.63, 3.8) is 0 Å². The minimum atomic E-state index is 0.880. The lowest BCUT2D eigenvalue weighted by Gasteiger charge is -2.04. The quantitative estimate of drug-likeness (QED) is 0.410. The van der Waals surface area contributed by atoms with E-state index in [0.717, 1.165) is 49.6 Å². The highest BCUT2D eigenvalue weighted by atomic mass is 32.2. The molecule has 2 aromatic carbocycles. The van der Waals surface area contributed by atoms with E-state index in [0.29, 0.717) is 0 Å². The second-order valence-corrected chi connectivity index (χ2v) is 6.61. The summed E-state index contributed by atoms with van der Waals surface area (Å²) in [4.78, 5) is 8.23. The molecule has 5 rings (SSSR count). The molecule has 0 spiro atoms. The van der Waals surface area contributed by atoms with Crippen molar-refractivity contribution in [3.8, 4) is 22.5 Å². The van der Waals surface area contributed by atoms with Crippen LogP contribution in [0.25, 0.3) is 44.5 Å². The summed E-state index contributed by atoms with van der Waals surface area (Å²) in [6, 6.07) is 16.3. The van der Waals surface area contributed by atoms with Crippen molar-refractivity contribution in [3.05, 3.63) is 61.1 Å². The topological polar surface area (TPSA) is 55.0 Å². The lowest BCUT2D eigenvalue weighted by Crippen LogP contribution is -1.84. The van der Waals surface area contributed by atoms with E-state index >= 15 is 0 Å². The Morgan fingerprint density at radius 1 is 0.840 bits per heavy atom. The molecular formula is C20H14N2O2S. The smallest absolute Gasteiger partial charge is 0.166 e. The van der Waals surface area contributed by atoms with Crippen molar-refractivity contribution in [2.75, 3.05) is 6.26 Å². The highest BCUT2D eigenvalue weighted by Gasteiger charge is 2.15. The molecule has 122 valence electrons. The summed E-state index contributed by atoms with van der Waals surface area (Å²) >= 11 is 1.60. The highest BCUT2D eigenvalue weighted by Crippen LogP contribution is 2.35. The molecule has 0 saturated heterocycles.